The number of rotatable bonds is 3. The summed E-state index contributed by atoms with van der Waals surface area (Å²) in [6, 6.07) is 7.43. The molecule has 5 heteroatoms. The summed E-state index contributed by atoms with van der Waals surface area (Å²) in [6.07, 6.45) is 3.77. The number of carbonyl (C=O) groups is 2. The fourth-order valence-electron chi connectivity index (χ4n) is 1.80. The van der Waals surface area contributed by atoms with Crippen molar-refractivity contribution in [2.24, 2.45) is 5.73 Å². The van der Waals surface area contributed by atoms with Crippen molar-refractivity contribution in [1.82, 2.24) is 5.32 Å². The van der Waals surface area contributed by atoms with E-state index < -0.39 is 11.8 Å². The molecule has 1 aromatic carbocycles. The van der Waals surface area contributed by atoms with E-state index in [4.69, 9.17) is 5.73 Å². The minimum Gasteiger partial charge on any atom is -0.346 e. The van der Waals surface area contributed by atoms with Gasteiger partial charge in [-0.1, -0.05) is 24.3 Å². The highest BCUT2D eigenvalue weighted by Crippen LogP contribution is 2.17. The maximum Gasteiger partial charge on any atom is 0.316 e. The smallest absolute Gasteiger partial charge is 0.316 e. The number of anilines is 1. The fourth-order valence-corrected chi connectivity index (χ4v) is 1.80. The Morgan fingerprint density at radius 2 is 2.00 bits per heavy atom. The standard InChI is InChI=1S/C13H15N3O2/c14-7-1-2-10-3-5-11(6-4-10)16-9-8-15-12(17)13(16)18/h1-6H,7-9,14H2,(H,15,17)/b2-1+. The number of piperazine rings is 1. The number of benzene rings is 1. The first-order valence-electron chi connectivity index (χ1n) is 5.79. The Bertz CT molecular complexity index is 480. The van der Waals surface area contributed by atoms with Crippen LogP contribution in [0.25, 0.3) is 6.08 Å². The third kappa shape index (κ3) is 2.57. The van der Waals surface area contributed by atoms with Crippen molar-refractivity contribution >= 4 is 23.6 Å². The zero-order valence-electron chi connectivity index (χ0n) is 9.93. The van der Waals surface area contributed by atoms with Gasteiger partial charge in [0.25, 0.3) is 0 Å². The summed E-state index contributed by atoms with van der Waals surface area (Å²) in [7, 11) is 0. The molecule has 1 aliphatic heterocycles. The van der Waals surface area contributed by atoms with Crippen LogP contribution < -0.4 is 16.0 Å². The molecule has 3 N–H and O–H groups in total. The van der Waals surface area contributed by atoms with Crippen LogP contribution in [0.4, 0.5) is 5.69 Å². The van der Waals surface area contributed by atoms with Crippen LogP contribution in [-0.2, 0) is 9.59 Å². The van der Waals surface area contributed by atoms with Gasteiger partial charge in [-0.25, -0.2) is 0 Å². The molecule has 2 amide bonds. The summed E-state index contributed by atoms with van der Waals surface area (Å²) in [5, 5.41) is 2.52. The van der Waals surface area contributed by atoms with E-state index in [1.165, 1.54) is 4.90 Å². The van der Waals surface area contributed by atoms with E-state index in [1.807, 2.05) is 36.4 Å². The maximum absolute atomic E-state index is 11.7. The fraction of sp³-hybridized carbons (Fsp3) is 0.231. The van der Waals surface area contributed by atoms with Gasteiger partial charge in [-0.05, 0) is 17.7 Å². The third-order valence-corrected chi connectivity index (χ3v) is 2.71. The summed E-state index contributed by atoms with van der Waals surface area (Å²) in [6.45, 7) is 1.48. The van der Waals surface area contributed by atoms with Gasteiger partial charge in [0, 0.05) is 25.3 Å². The van der Waals surface area contributed by atoms with Crippen LogP contribution in [0.15, 0.2) is 30.3 Å². The second kappa shape index (κ2) is 5.46. The second-order valence-electron chi connectivity index (χ2n) is 3.94. The SMILES string of the molecule is NC/C=C/c1ccc(N2CCNC(=O)C2=O)cc1. The minimum atomic E-state index is -0.548. The van der Waals surface area contributed by atoms with E-state index in [0.29, 0.717) is 19.6 Å². The van der Waals surface area contributed by atoms with E-state index >= 15 is 0 Å². The molecule has 0 radical (unpaired) electrons. The van der Waals surface area contributed by atoms with Crippen LogP contribution in [0.3, 0.4) is 0 Å². The molecule has 0 saturated carbocycles. The lowest BCUT2D eigenvalue weighted by atomic mass is 10.1. The number of nitrogens with zero attached hydrogens (tertiary/aromatic N) is 1. The number of carbonyl (C=O) groups excluding carboxylic acids is 2. The number of hydrogen-bond acceptors (Lipinski definition) is 3. The van der Waals surface area contributed by atoms with Gasteiger partial charge in [0.15, 0.2) is 0 Å². The van der Waals surface area contributed by atoms with Crippen LogP contribution >= 0.6 is 0 Å². The Morgan fingerprint density at radius 1 is 1.28 bits per heavy atom. The second-order valence-corrected chi connectivity index (χ2v) is 3.94. The molecule has 94 valence electrons. The summed E-state index contributed by atoms with van der Waals surface area (Å²) in [4.78, 5) is 24.4. The first-order chi connectivity index (χ1) is 8.72. The Morgan fingerprint density at radius 3 is 2.67 bits per heavy atom. The van der Waals surface area contributed by atoms with Crippen LogP contribution in [0.5, 0.6) is 0 Å². The number of amides is 2. The highest BCUT2D eigenvalue weighted by Gasteiger charge is 2.26. The van der Waals surface area contributed by atoms with Gasteiger partial charge in [-0.2, -0.15) is 0 Å². The lowest BCUT2D eigenvalue weighted by molar-refractivity contribution is -0.138. The Balaban J connectivity index is 2.16. The van der Waals surface area contributed by atoms with E-state index in [-0.39, 0.29) is 0 Å². The highest BCUT2D eigenvalue weighted by molar-refractivity contribution is 6.41. The lowest BCUT2D eigenvalue weighted by Gasteiger charge is -2.26. The third-order valence-electron chi connectivity index (χ3n) is 2.71. The Labute approximate surface area is 105 Å². The van der Waals surface area contributed by atoms with Gasteiger partial charge in [-0.3, -0.25) is 9.59 Å². The molecule has 1 aliphatic rings. The summed E-state index contributed by atoms with van der Waals surface area (Å²) >= 11 is 0. The first kappa shape index (κ1) is 12.3. The molecule has 5 nitrogen and oxygen atoms in total. The topological polar surface area (TPSA) is 75.4 Å². The zero-order valence-corrected chi connectivity index (χ0v) is 9.93. The average Bonchev–Trinajstić information content (AvgIpc) is 2.40. The molecule has 1 aromatic rings. The van der Waals surface area contributed by atoms with Crippen LogP contribution in [-0.4, -0.2) is 31.4 Å². The van der Waals surface area contributed by atoms with Gasteiger partial charge in [0.1, 0.15) is 0 Å². The molecule has 1 saturated heterocycles. The largest absolute Gasteiger partial charge is 0.346 e. The highest BCUT2D eigenvalue weighted by atomic mass is 16.2. The predicted molar refractivity (Wildman–Crippen MR) is 69.9 cm³/mol. The van der Waals surface area contributed by atoms with Crippen molar-refractivity contribution < 1.29 is 9.59 Å². The molecule has 1 fully saturated rings. The van der Waals surface area contributed by atoms with Gasteiger partial charge in [-0.15, -0.1) is 0 Å². The maximum atomic E-state index is 11.7. The molecule has 2 rings (SSSR count). The van der Waals surface area contributed by atoms with Gasteiger partial charge < -0.3 is 16.0 Å². The monoisotopic (exact) mass is 245 g/mol. The van der Waals surface area contributed by atoms with Crippen molar-refractivity contribution in [1.29, 1.82) is 0 Å². The van der Waals surface area contributed by atoms with Crippen molar-refractivity contribution in [3.63, 3.8) is 0 Å². The summed E-state index contributed by atoms with van der Waals surface area (Å²) in [5.74, 6) is -1.06. The van der Waals surface area contributed by atoms with Crippen molar-refractivity contribution in [2.75, 3.05) is 24.5 Å². The van der Waals surface area contributed by atoms with Crippen LogP contribution in [0.2, 0.25) is 0 Å². The molecular weight excluding hydrogens is 230 g/mol. The number of nitrogens with one attached hydrogen (secondary N) is 1. The Kier molecular flexibility index (Phi) is 3.74. The van der Waals surface area contributed by atoms with Crippen molar-refractivity contribution in [3.05, 3.63) is 35.9 Å². The molecule has 18 heavy (non-hydrogen) atoms. The zero-order chi connectivity index (χ0) is 13.0. The first-order valence-corrected chi connectivity index (χ1v) is 5.79. The van der Waals surface area contributed by atoms with Gasteiger partial charge in [0.2, 0.25) is 0 Å². The van der Waals surface area contributed by atoms with Gasteiger partial charge >= 0.3 is 11.8 Å². The number of hydrogen-bond donors (Lipinski definition) is 2. The minimum absolute atomic E-state index is 0.486. The quantitative estimate of drug-likeness (QED) is 0.743. The lowest BCUT2D eigenvalue weighted by Crippen LogP contribution is -2.52. The summed E-state index contributed by atoms with van der Waals surface area (Å²) < 4.78 is 0. The van der Waals surface area contributed by atoms with E-state index in [9.17, 15) is 9.59 Å². The van der Waals surface area contributed by atoms with Crippen LogP contribution in [0.1, 0.15) is 5.56 Å². The Hall–Kier alpha value is -2.14. The van der Waals surface area contributed by atoms with Crippen LogP contribution in [0, 0.1) is 0 Å². The molecule has 0 bridgehead atoms. The van der Waals surface area contributed by atoms with E-state index in [2.05, 4.69) is 5.32 Å². The molecule has 0 aliphatic carbocycles. The van der Waals surface area contributed by atoms with Crippen molar-refractivity contribution in [3.8, 4) is 0 Å². The molecule has 0 atom stereocenters. The molecule has 0 aromatic heterocycles. The van der Waals surface area contributed by atoms with Crippen molar-refractivity contribution in [2.45, 2.75) is 0 Å². The normalized spacial score (nSPS) is 16.2. The average molecular weight is 245 g/mol. The molecule has 1 heterocycles. The molecule has 0 unspecified atom stereocenters. The van der Waals surface area contributed by atoms with E-state index in [0.717, 1.165) is 11.3 Å². The molecule has 0 spiro atoms. The number of nitrogens with two attached hydrogens (primary N) is 1. The molecular formula is C13H15N3O2. The van der Waals surface area contributed by atoms with Gasteiger partial charge in [0.05, 0.1) is 0 Å². The summed E-state index contributed by atoms with van der Waals surface area (Å²) in [5.41, 5.74) is 7.12. The predicted octanol–water partition coefficient (Wildman–Crippen LogP) is 0.121. The van der Waals surface area contributed by atoms with E-state index in [1.54, 1.807) is 0 Å².